The Morgan fingerprint density at radius 3 is 2.61 bits per heavy atom. The molecule has 0 fully saturated rings. The van der Waals surface area contributed by atoms with Crippen molar-refractivity contribution in [2.45, 2.75) is 11.9 Å². The predicted molar refractivity (Wildman–Crippen MR) is 84.2 cm³/mol. The highest BCUT2D eigenvalue weighted by Gasteiger charge is 2.35. The molecular formula is C16H15F3N2OS. The highest BCUT2D eigenvalue weighted by atomic mass is 32.2. The molecule has 1 heterocycles. The summed E-state index contributed by atoms with van der Waals surface area (Å²) in [6.07, 6.45) is -2.61. The molecule has 0 radical (unpaired) electrons. The first-order valence-corrected chi connectivity index (χ1v) is 8.05. The Kier molecular flexibility index (Phi) is 6.04. The summed E-state index contributed by atoms with van der Waals surface area (Å²) in [6, 6.07) is 10.6. The van der Waals surface area contributed by atoms with Crippen LogP contribution in [0.3, 0.4) is 0 Å². The van der Waals surface area contributed by atoms with Crippen molar-refractivity contribution in [1.29, 1.82) is 0 Å². The number of halogens is 3. The van der Waals surface area contributed by atoms with Crippen LogP contribution in [0.2, 0.25) is 0 Å². The maximum atomic E-state index is 12.8. The number of nitrogens with zero attached hydrogens (tertiary/aromatic N) is 1. The zero-order chi connectivity index (χ0) is 16.7. The van der Waals surface area contributed by atoms with E-state index in [0.717, 1.165) is 29.8 Å². The van der Waals surface area contributed by atoms with E-state index in [1.165, 1.54) is 0 Å². The van der Waals surface area contributed by atoms with Crippen molar-refractivity contribution in [1.82, 2.24) is 10.3 Å². The van der Waals surface area contributed by atoms with Gasteiger partial charge in [-0.15, -0.1) is 0 Å². The molecule has 0 saturated carbocycles. The quantitative estimate of drug-likeness (QED) is 0.814. The number of pyridine rings is 1. The van der Waals surface area contributed by atoms with Crippen LogP contribution in [0, 0.1) is 0 Å². The zero-order valence-electron chi connectivity index (χ0n) is 12.1. The average molecular weight is 340 g/mol. The number of nitrogens with one attached hydrogen (secondary N) is 1. The SMILES string of the molecule is O=C(NCCSCc1ccccc1)c1cnccc1C(F)(F)F. The maximum absolute atomic E-state index is 12.8. The van der Waals surface area contributed by atoms with Crippen molar-refractivity contribution >= 4 is 17.7 Å². The van der Waals surface area contributed by atoms with Gasteiger partial charge >= 0.3 is 6.18 Å². The number of alkyl halides is 3. The van der Waals surface area contributed by atoms with Gasteiger partial charge in [0.25, 0.3) is 5.91 Å². The van der Waals surface area contributed by atoms with E-state index in [9.17, 15) is 18.0 Å². The van der Waals surface area contributed by atoms with Gasteiger partial charge < -0.3 is 5.32 Å². The highest BCUT2D eigenvalue weighted by Crippen LogP contribution is 2.31. The Bertz CT molecular complexity index is 647. The fraction of sp³-hybridized carbons (Fsp3) is 0.250. The molecule has 7 heteroatoms. The van der Waals surface area contributed by atoms with E-state index >= 15 is 0 Å². The van der Waals surface area contributed by atoms with Crippen LogP contribution in [0.5, 0.6) is 0 Å². The largest absolute Gasteiger partial charge is 0.417 e. The Hall–Kier alpha value is -2.02. The fourth-order valence-corrected chi connectivity index (χ4v) is 2.74. The maximum Gasteiger partial charge on any atom is 0.417 e. The first kappa shape index (κ1) is 17.3. The van der Waals surface area contributed by atoms with Crippen molar-refractivity contribution < 1.29 is 18.0 Å². The second kappa shape index (κ2) is 8.01. The third-order valence-electron chi connectivity index (χ3n) is 3.01. The molecule has 0 aliphatic carbocycles. The Morgan fingerprint density at radius 2 is 1.91 bits per heavy atom. The van der Waals surface area contributed by atoms with Crippen LogP contribution in [0.1, 0.15) is 21.5 Å². The van der Waals surface area contributed by atoms with Gasteiger partial charge in [0.2, 0.25) is 0 Å². The molecule has 1 aromatic carbocycles. The van der Waals surface area contributed by atoms with Crippen LogP contribution in [0.25, 0.3) is 0 Å². The molecule has 3 nitrogen and oxygen atoms in total. The summed E-state index contributed by atoms with van der Waals surface area (Å²) < 4.78 is 38.5. The molecule has 0 unspecified atom stereocenters. The summed E-state index contributed by atoms with van der Waals surface area (Å²) in [5.41, 5.74) is -0.259. The molecular weight excluding hydrogens is 325 g/mol. The topological polar surface area (TPSA) is 42.0 Å². The Labute approximate surface area is 136 Å². The molecule has 0 aliphatic heterocycles. The van der Waals surface area contributed by atoms with E-state index in [-0.39, 0.29) is 0 Å². The average Bonchev–Trinajstić information content (AvgIpc) is 2.54. The monoisotopic (exact) mass is 340 g/mol. The Morgan fingerprint density at radius 1 is 1.17 bits per heavy atom. The number of benzene rings is 1. The highest BCUT2D eigenvalue weighted by molar-refractivity contribution is 7.98. The normalized spacial score (nSPS) is 11.3. The zero-order valence-corrected chi connectivity index (χ0v) is 13.0. The lowest BCUT2D eigenvalue weighted by atomic mass is 10.1. The number of carbonyl (C=O) groups is 1. The van der Waals surface area contributed by atoms with E-state index < -0.39 is 23.2 Å². The third-order valence-corrected chi connectivity index (χ3v) is 4.04. The van der Waals surface area contributed by atoms with Crippen LogP contribution >= 0.6 is 11.8 Å². The molecule has 23 heavy (non-hydrogen) atoms. The summed E-state index contributed by atoms with van der Waals surface area (Å²) in [4.78, 5) is 15.5. The van der Waals surface area contributed by atoms with Crippen molar-refractivity contribution in [3.05, 3.63) is 65.5 Å². The summed E-state index contributed by atoms with van der Waals surface area (Å²) in [5.74, 6) is 0.644. The smallest absolute Gasteiger partial charge is 0.351 e. The minimum absolute atomic E-state index is 0.294. The number of hydrogen-bond acceptors (Lipinski definition) is 3. The Balaban J connectivity index is 1.82. The van der Waals surface area contributed by atoms with E-state index in [2.05, 4.69) is 10.3 Å². The fourth-order valence-electron chi connectivity index (χ4n) is 1.92. The van der Waals surface area contributed by atoms with Gasteiger partial charge in [0.05, 0.1) is 11.1 Å². The van der Waals surface area contributed by atoms with Crippen molar-refractivity contribution in [3.63, 3.8) is 0 Å². The van der Waals surface area contributed by atoms with Gasteiger partial charge in [-0.3, -0.25) is 9.78 Å². The minimum Gasteiger partial charge on any atom is -0.351 e. The molecule has 1 aromatic heterocycles. The van der Waals surface area contributed by atoms with Crippen LogP contribution in [0.4, 0.5) is 13.2 Å². The van der Waals surface area contributed by atoms with Gasteiger partial charge in [0, 0.05) is 30.4 Å². The van der Waals surface area contributed by atoms with E-state index in [4.69, 9.17) is 0 Å². The first-order chi connectivity index (χ1) is 11.0. The second-order valence-electron chi connectivity index (χ2n) is 4.71. The van der Waals surface area contributed by atoms with E-state index in [1.807, 2.05) is 30.3 Å². The summed E-state index contributed by atoms with van der Waals surface area (Å²) in [5, 5.41) is 2.50. The van der Waals surface area contributed by atoms with Gasteiger partial charge in [-0.05, 0) is 11.6 Å². The number of amides is 1. The summed E-state index contributed by atoms with van der Waals surface area (Å²) in [6.45, 7) is 0.294. The van der Waals surface area contributed by atoms with E-state index in [1.54, 1.807) is 11.8 Å². The molecule has 122 valence electrons. The first-order valence-electron chi connectivity index (χ1n) is 6.89. The lowest BCUT2D eigenvalue weighted by molar-refractivity contribution is -0.138. The molecule has 1 N–H and O–H groups in total. The van der Waals surface area contributed by atoms with Crippen molar-refractivity contribution in [2.75, 3.05) is 12.3 Å². The van der Waals surface area contributed by atoms with Gasteiger partial charge in [-0.2, -0.15) is 24.9 Å². The van der Waals surface area contributed by atoms with Gasteiger partial charge in [0.15, 0.2) is 0 Å². The van der Waals surface area contributed by atoms with Crippen LogP contribution in [0.15, 0.2) is 48.8 Å². The molecule has 0 aliphatic rings. The van der Waals surface area contributed by atoms with Crippen LogP contribution in [-0.2, 0) is 11.9 Å². The third kappa shape index (κ3) is 5.28. The molecule has 2 rings (SSSR count). The lowest BCUT2D eigenvalue weighted by Gasteiger charge is -2.12. The molecule has 0 atom stereocenters. The minimum atomic E-state index is -4.57. The molecule has 0 spiro atoms. The number of hydrogen-bond donors (Lipinski definition) is 1. The van der Waals surface area contributed by atoms with Crippen LogP contribution < -0.4 is 5.32 Å². The second-order valence-corrected chi connectivity index (χ2v) is 5.82. The number of rotatable bonds is 6. The lowest BCUT2D eigenvalue weighted by Crippen LogP contribution is -2.28. The van der Waals surface area contributed by atoms with Gasteiger partial charge in [0.1, 0.15) is 0 Å². The van der Waals surface area contributed by atoms with Crippen LogP contribution in [-0.4, -0.2) is 23.2 Å². The van der Waals surface area contributed by atoms with E-state index in [0.29, 0.717) is 12.3 Å². The summed E-state index contributed by atoms with van der Waals surface area (Å²) >= 11 is 1.60. The standard InChI is InChI=1S/C16H15F3N2OS/c17-16(18,19)14-6-7-20-10-13(14)15(22)21-8-9-23-11-12-4-2-1-3-5-12/h1-7,10H,8-9,11H2,(H,21,22). The molecule has 0 saturated heterocycles. The van der Waals surface area contributed by atoms with Gasteiger partial charge in [-0.25, -0.2) is 0 Å². The number of thioether (sulfide) groups is 1. The van der Waals surface area contributed by atoms with Crippen molar-refractivity contribution in [2.24, 2.45) is 0 Å². The molecule has 1 amide bonds. The molecule has 0 bridgehead atoms. The number of aromatic nitrogens is 1. The number of carbonyl (C=O) groups excluding carboxylic acids is 1. The molecule has 2 aromatic rings. The summed E-state index contributed by atoms with van der Waals surface area (Å²) in [7, 11) is 0. The predicted octanol–water partition coefficient (Wildman–Crippen LogP) is 3.76. The van der Waals surface area contributed by atoms with Gasteiger partial charge in [-0.1, -0.05) is 30.3 Å². The van der Waals surface area contributed by atoms with Crippen molar-refractivity contribution in [3.8, 4) is 0 Å².